The largest absolute Gasteiger partial charge is 0.493 e. The number of fused-ring (bicyclic) bond motifs is 9. The number of nitrogens with zero attached hydrogens (tertiary/aromatic N) is 2. The highest BCUT2D eigenvalue weighted by Crippen LogP contribution is 2.57. The van der Waals surface area contributed by atoms with Gasteiger partial charge in [-0.05, 0) is 48.1 Å². The van der Waals surface area contributed by atoms with Crippen LogP contribution in [0.1, 0.15) is 35.3 Å². The zero-order valence-electron chi connectivity index (χ0n) is 16.1. The summed E-state index contributed by atoms with van der Waals surface area (Å²) in [7, 11) is 3.42. The van der Waals surface area contributed by atoms with Crippen molar-refractivity contribution < 1.29 is 9.47 Å². The van der Waals surface area contributed by atoms with Gasteiger partial charge in [-0.15, -0.1) is 0 Å². The Morgan fingerprint density at radius 3 is 2.68 bits per heavy atom. The molecule has 28 heavy (non-hydrogen) atoms. The summed E-state index contributed by atoms with van der Waals surface area (Å²) >= 11 is 6.90. The van der Waals surface area contributed by atoms with Crippen molar-refractivity contribution in [2.75, 3.05) is 20.8 Å². The van der Waals surface area contributed by atoms with Gasteiger partial charge in [0.1, 0.15) is 0 Å². The highest BCUT2D eigenvalue weighted by Gasteiger charge is 2.50. The molecule has 0 amide bonds. The van der Waals surface area contributed by atoms with Gasteiger partial charge in [0.25, 0.3) is 0 Å². The number of aromatic nitrogens is 1. The van der Waals surface area contributed by atoms with E-state index >= 15 is 0 Å². The molecule has 6 rings (SSSR count). The summed E-state index contributed by atoms with van der Waals surface area (Å²) in [5.41, 5.74) is 5.39. The lowest BCUT2D eigenvalue weighted by Gasteiger charge is -2.36. The van der Waals surface area contributed by atoms with E-state index in [0.29, 0.717) is 18.0 Å². The minimum atomic E-state index is 0.408. The highest BCUT2D eigenvalue weighted by atomic mass is 35.5. The van der Waals surface area contributed by atoms with Gasteiger partial charge in [-0.1, -0.05) is 29.8 Å². The van der Waals surface area contributed by atoms with Crippen molar-refractivity contribution in [1.82, 2.24) is 9.47 Å². The second kappa shape index (κ2) is 5.91. The Labute approximate surface area is 169 Å². The van der Waals surface area contributed by atoms with Gasteiger partial charge in [-0.2, -0.15) is 0 Å². The smallest absolute Gasteiger partial charge is 0.161 e. The molecule has 3 aliphatic rings. The van der Waals surface area contributed by atoms with Gasteiger partial charge in [0.05, 0.1) is 31.0 Å². The minimum Gasteiger partial charge on any atom is -0.493 e. The van der Waals surface area contributed by atoms with E-state index in [1.165, 1.54) is 34.1 Å². The molecule has 0 bridgehead atoms. The van der Waals surface area contributed by atoms with Crippen molar-refractivity contribution in [3.8, 4) is 11.5 Å². The molecular weight excluding hydrogens is 372 g/mol. The van der Waals surface area contributed by atoms with E-state index < -0.39 is 0 Å². The fourth-order valence-corrected chi connectivity index (χ4v) is 6.26. The molecule has 5 heteroatoms. The number of halogens is 1. The second-order valence-corrected chi connectivity index (χ2v) is 8.56. The normalized spacial score (nSPS) is 25.3. The van der Waals surface area contributed by atoms with E-state index in [1.54, 1.807) is 14.2 Å². The molecule has 0 saturated carbocycles. The van der Waals surface area contributed by atoms with E-state index in [4.69, 9.17) is 21.1 Å². The summed E-state index contributed by atoms with van der Waals surface area (Å²) in [5, 5.41) is 2.13. The molecule has 4 nitrogen and oxygen atoms in total. The van der Waals surface area contributed by atoms with Crippen LogP contribution in [0.4, 0.5) is 0 Å². The Bertz CT molecular complexity index is 1110. The number of benzene rings is 2. The lowest BCUT2D eigenvalue weighted by Crippen LogP contribution is -2.33. The molecule has 3 aromatic rings. The average molecular weight is 395 g/mol. The summed E-state index contributed by atoms with van der Waals surface area (Å²) < 4.78 is 13.6. The van der Waals surface area contributed by atoms with Crippen LogP contribution in [0.3, 0.4) is 0 Å². The first-order valence-electron chi connectivity index (χ1n) is 9.98. The van der Waals surface area contributed by atoms with Gasteiger partial charge in [0.15, 0.2) is 11.5 Å². The van der Waals surface area contributed by atoms with Crippen molar-refractivity contribution in [3.05, 3.63) is 58.2 Å². The zero-order chi connectivity index (χ0) is 19.0. The molecular formula is C23H23ClN2O2. The second-order valence-electron chi connectivity index (χ2n) is 8.18. The Kier molecular flexibility index (Phi) is 3.54. The van der Waals surface area contributed by atoms with Crippen LogP contribution in [0.25, 0.3) is 10.9 Å². The molecule has 1 fully saturated rings. The Morgan fingerprint density at radius 2 is 1.86 bits per heavy atom. The molecule has 4 heterocycles. The zero-order valence-corrected chi connectivity index (χ0v) is 16.9. The van der Waals surface area contributed by atoms with Crippen LogP contribution in [0.5, 0.6) is 11.5 Å². The Balaban J connectivity index is 1.45. The topological polar surface area (TPSA) is 26.6 Å². The lowest BCUT2D eigenvalue weighted by atomic mass is 9.91. The molecule has 3 atom stereocenters. The third-order valence-electron chi connectivity index (χ3n) is 7.02. The molecule has 0 aliphatic carbocycles. The average Bonchev–Trinajstić information content (AvgIpc) is 3.35. The SMILES string of the molecule is COc1cc2c(cc1OC)[C@H]1C[C@H]3Cn4c(c(Cl)c5ccccc54)[C@H]3N1CC2. The van der Waals surface area contributed by atoms with E-state index in [9.17, 15) is 0 Å². The molecule has 1 aromatic heterocycles. The van der Waals surface area contributed by atoms with E-state index in [1.807, 2.05) is 0 Å². The fraction of sp³-hybridized carbons (Fsp3) is 0.391. The van der Waals surface area contributed by atoms with Crippen molar-refractivity contribution in [2.24, 2.45) is 5.92 Å². The number of methoxy groups -OCH3 is 2. The van der Waals surface area contributed by atoms with Gasteiger partial charge in [0, 0.05) is 30.0 Å². The van der Waals surface area contributed by atoms with Gasteiger partial charge < -0.3 is 14.0 Å². The summed E-state index contributed by atoms with van der Waals surface area (Å²) in [6, 6.07) is 13.7. The van der Waals surface area contributed by atoms with Crippen LogP contribution in [-0.4, -0.2) is 30.2 Å². The van der Waals surface area contributed by atoms with Crippen LogP contribution >= 0.6 is 11.6 Å². The Hall–Kier alpha value is -2.17. The van der Waals surface area contributed by atoms with Gasteiger partial charge >= 0.3 is 0 Å². The van der Waals surface area contributed by atoms with Crippen molar-refractivity contribution in [1.29, 1.82) is 0 Å². The van der Waals surface area contributed by atoms with E-state index in [-0.39, 0.29) is 0 Å². The third kappa shape index (κ3) is 2.05. The number of hydrogen-bond donors (Lipinski definition) is 0. The molecule has 0 radical (unpaired) electrons. The summed E-state index contributed by atoms with van der Waals surface area (Å²) in [6.07, 6.45) is 2.20. The maximum atomic E-state index is 6.90. The summed E-state index contributed by atoms with van der Waals surface area (Å²) in [4.78, 5) is 2.68. The maximum Gasteiger partial charge on any atom is 0.161 e. The first-order chi connectivity index (χ1) is 13.7. The first-order valence-corrected chi connectivity index (χ1v) is 10.4. The van der Waals surface area contributed by atoms with Crippen LogP contribution < -0.4 is 9.47 Å². The van der Waals surface area contributed by atoms with E-state index in [0.717, 1.165) is 36.0 Å². The Morgan fingerprint density at radius 1 is 1.07 bits per heavy atom. The van der Waals surface area contributed by atoms with Crippen LogP contribution in [0, 0.1) is 5.92 Å². The summed E-state index contributed by atoms with van der Waals surface area (Å²) in [5.74, 6) is 2.27. The van der Waals surface area contributed by atoms with Crippen molar-refractivity contribution in [3.63, 3.8) is 0 Å². The molecule has 1 saturated heterocycles. The van der Waals surface area contributed by atoms with E-state index in [2.05, 4.69) is 45.9 Å². The van der Waals surface area contributed by atoms with Crippen molar-refractivity contribution in [2.45, 2.75) is 31.5 Å². The summed E-state index contributed by atoms with van der Waals surface area (Å²) in [6.45, 7) is 2.12. The molecule has 3 aliphatic heterocycles. The van der Waals surface area contributed by atoms with Crippen LogP contribution in [0.15, 0.2) is 36.4 Å². The molecule has 2 aromatic carbocycles. The number of hydrogen-bond acceptors (Lipinski definition) is 3. The number of rotatable bonds is 2. The monoisotopic (exact) mass is 394 g/mol. The predicted octanol–water partition coefficient (Wildman–Crippen LogP) is 4.99. The van der Waals surface area contributed by atoms with Gasteiger partial charge in [-0.3, -0.25) is 4.90 Å². The van der Waals surface area contributed by atoms with Crippen molar-refractivity contribution >= 4 is 22.5 Å². The van der Waals surface area contributed by atoms with Crippen LogP contribution in [0.2, 0.25) is 5.02 Å². The quantitative estimate of drug-likeness (QED) is 0.612. The van der Waals surface area contributed by atoms with Gasteiger partial charge in [-0.25, -0.2) is 0 Å². The molecule has 0 N–H and O–H groups in total. The number of para-hydroxylation sites is 1. The van der Waals surface area contributed by atoms with Gasteiger partial charge in [0.2, 0.25) is 0 Å². The molecule has 0 spiro atoms. The lowest BCUT2D eigenvalue weighted by molar-refractivity contribution is 0.176. The highest BCUT2D eigenvalue weighted by molar-refractivity contribution is 6.36. The minimum absolute atomic E-state index is 0.408. The molecule has 144 valence electrons. The predicted molar refractivity (Wildman–Crippen MR) is 110 cm³/mol. The molecule has 0 unspecified atom stereocenters. The maximum absolute atomic E-state index is 6.90. The standard InChI is InChI=1S/C23H23ClN2O2/c1-27-19-10-13-7-8-25-18(16(13)11-20(19)28-2)9-14-12-26-17-6-4-3-5-15(17)21(24)23(26)22(14)25/h3-6,10-11,14,18,22H,7-9,12H2,1-2H3/t14-,18+,22-/m0/s1. The number of ether oxygens (including phenoxy) is 2. The third-order valence-corrected chi connectivity index (χ3v) is 7.42. The first kappa shape index (κ1) is 16.8. The fourth-order valence-electron chi connectivity index (χ4n) is 5.89. The van der Waals surface area contributed by atoms with Crippen LogP contribution in [-0.2, 0) is 13.0 Å².